The number of amides is 1. The Morgan fingerprint density at radius 2 is 1.82 bits per heavy atom. The van der Waals surface area contributed by atoms with Crippen LogP contribution < -0.4 is 5.32 Å². The third-order valence-electron chi connectivity index (χ3n) is 5.51. The second kappa shape index (κ2) is 9.40. The van der Waals surface area contributed by atoms with Gasteiger partial charge in [-0.25, -0.2) is 4.98 Å². The van der Waals surface area contributed by atoms with Crippen LogP contribution in [0.25, 0.3) is 32.2 Å². The third kappa shape index (κ3) is 4.60. The van der Waals surface area contributed by atoms with Crippen molar-refractivity contribution in [1.82, 2.24) is 19.7 Å². The molecule has 0 aliphatic heterocycles. The second-order valence-corrected chi connectivity index (χ2v) is 10.1. The average molecular weight is 486 g/mol. The quantitative estimate of drug-likeness (QED) is 0.294. The molecule has 5 rings (SSSR count). The Morgan fingerprint density at radius 1 is 1.03 bits per heavy atom. The number of carbonyl (C=O) groups excluding carboxylic acids is 1. The van der Waals surface area contributed by atoms with Gasteiger partial charge in [-0.2, -0.15) is 0 Å². The minimum Gasteiger partial charge on any atom is -0.325 e. The molecule has 0 radical (unpaired) electrons. The van der Waals surface area contributed by atoms with Crippen LogP contribution in [0, 0.1) is 13.8 Å². The highest BCUT2D eigenvalue weighted by atomic mass is 32.2. The summed E-state index contributed by atoms with van der Waals surface area (Å²) < 4.78 is 3.10. The molecule has 8 heteroatoms. The highest BCUT2D eigenvalue weighted by Crippen LogP contribution is 2.31. The molecule has 2 aromatic heterocycles. The lowest BCUT2D eigenvalue weighted by Crippen LogP contribution is -2.14. The molecule has 1 amide bonds. The third-order valence-corrected chi connectivity index (χ3v) is 7.60. The Balaban J connectivity index is 1.22. The van der Waals surface area contributed by atoms with E-state index in [0.717, 1.165) is 38.7 Å². The van der Waals surface area contributed by atoms with E-state index in [2.05, 4.69) is 40.6 Å². The fraction of sp³-hybridized carbons (Fsp3) is 0.154. The van der Waals surface area contributed by atoms with E-state index in [1.807, 2.05) is 67.1 Å². The van der Waals surface area contributed by atoms with Crippen LogP contribution in [-0.4, -0.2) is 31.4 Å². The number of rotatable bonds is 6. The van der Waals surface area contributed by atoms with E-state index in [9.17, 15) is 4.79 Å². The summed E-state index contributed by atoms with van der Waals surface area (Å²) in [5.74, 6) is 0.953. The first kappa shape index (κ1) is 22.3. The summed E-state index contributed by atoms with van der Waals surface area (Å²) in [6.07, 6.45) is 0. The molecule has 0 spiro atoms. The van der Waals surface area contributed by atoms with Crippen LogP contribution in [0.2, 0.25) is 0 Å². The van der Waals surface area contributed by atoms with Crippen molar-refractivity contribution in [3.05, 3.63) is 77.9 Å². The molecular formula is C26H23N5OS2. The van der Waals surface area contributed by atoms with E-state index >= 15 is 0 Å². The van der Waals surface area contributed by atoms with Gasteiger partial charge in [0.05, 0.1) is 16.0 Å². The fourth-order valence-electron chi connectivity index (χ4n) is 3.68. The molecule has 0 saturated heterocycles. The molecule has 0 bridgehead atoms. The van der Waals surface area contributed by atoms with E-state index in [0.29, 0.717) is 5.16 Å². The standard InChI is InChI=1S/C26H23N5OS2/c1-16-8-13-21-22(14-16)34-25(28-21)18-9-11-19(12-10-18)27-23(32)15-33-26-30-29-24(31(26)3)20-7-5-4-6-17(20)2/h4-14H,15H2,1-3H3,(H,27,32). The second-order valence-electron chi connectivity index (χ2n) is 8.08. The number of thioether (sulfide) groups is 1. The van der Waals surface area contributed by atoms with Crippen molar-refractivity contribution < 1.29 is 4.79 Å². The van der Waals surface area contributed by atoms with Crippen LogP contribution >= 0.6 is 23.1 Å². The first-order valence-corrected chi connectivity index (χ1v) is 12.6. The number of benzene rings is 3. The highest BCUT2D eigenvalue weighted by molar-refractivity contribution is 7.99. The largest absolute Gasteiger partial charge is 0.325 e. The molecule has 2 heterocycles. The van der Waals surface area contributed by atoms with Crippen LogP contribution in [0.1, 0.15) is 11.1 Å². The molecule has 3 aromatic carbocycles. The molecule has 6 nitrogen and oxygen atoms in total. The summed E-state index contributed by atoms with van der Waals surface area (Å²) in [5, 5.41) is 13.2. The molecular weight excluding hydrogens is 462 g/mol. The normalized spacial score (nSPS) is 11.1. The number of nitrogens with one attached hydrogen (secondary N) is 1. The van der Waals surface area contributed by atoms with E-state index < -0.39 is 0 Å². The summed E-state index contributed by atoms with van der Waals surface area (Å²) in [6.45, 7) is 4.13. The number of anilines is 1. The number of hydrogen-bond donors (Lipinski definition) is 1. The van der Waals surface area contributed by atoms with E-state index in [1.54, 1.807) is 11.3 Å². The number of carbonyl (C=O) groups is 1. The van der Waals surface area contributed by atoms with Gasteiger partial charge in [0.1, 0.15) is 5.01 Å². The first-order valence-electron chi connectivity index (χ1n) is 10.8. The van der Waals surface area contributed by atoms with Gasteiger partial charge in [0.15, 0.2) is 11.0 Å². The maximum atomic E-state index is 12.5. The Hall–Kier alpha value is -3.49. The summed E-state index contributed by atoms with van der Waals surface area (Å²) in [6, 6.07) is 22.2. The predicted octanol–water partition coefficient (Wildman–Crippen LogP) is 6.11. The topological polar surface area (TPSA) is 72.7 Å². The van der Waals surface area contributed by atoms with Gasteiger partial charge in [0.2, 0.25) is 5.91 Å². The number of aryl methyl sites for hydroxylation is 2. The van der Waals surface area contributed by atoms with Gasteiger partial charge in [0.25, 0.3) is 0 Å². The number of nitrogens with zero attached hydrogens (tertiary/aromatic N) is 4. The average Bonchev–Trinajstić information content (AvgIpc) is 3.41. The smallest absolute Gasteiger partial charge is 0.234 e. The zero-order valence-corrected chi connectivity index (χ0v) is 20.7. The van der Waals surface area contributed by atoms with Gasteiger partial charge >= 0.3 is 0 Å². The van der Waals surface area contributed by atoms with Crippen molar-refractivity contribution in [1.29, 1.82) is 0 Å². The lowest BCUT2D eigenvalue weighted by Gasteiger charge is -2.07. The Morgan fingerprint density at radius 3 is 2.62 bits per heavy atom. The van der Waals surface area contributed by atoms with Crippen molar-refractivity contribution in [3.63, 3.8) is 0 Å². The lowest BCUT2D eigenvalue weighted by molar-refractivity contribution is -0.113. The summed E-state index contributed by atoms with van der Waals surface area (Å²) >= 11 is 3.04. The molecule has 0 fully saturated rings. The van der Waals surface area contributed by atoms with E-state index in [4.69, 9.17) is 4.98 Å². The highest BCUT2D eigenvalue weighted by Gasteiger charge is 2.14. The molecule has 0 aliphatic rings. The maximum absolute atomic E-state index is 12.5. The minimum absolute atomic E-state index is 0.0892. The maximum Gasteiger partial charge on any atom is 0.234 e. The molecule has 0 unspecified atom stereocenters. The van der Waals surface area contributed by atoms with Crippen LogP contribution in [0.3, 0.4) is 0 Å². The van der Waals surface area contributed by atoms with Crippen molar-refractivity contribution in [3.8, 4) is 22.0 Å². The molecule has 5 aromatic rings. The van der Waals surface area contributed by atoms with Crippen LogP contribution in [0.4, 0.5) is 5.69 Å². The number of aromatic nitrogens is 4. The summed E-state index contributed by atoms with van der Waals surface area (Å²) in [7, 11) is 1.92. The van der Waals surface area contributed by atoms with Gasteiger partial charge in [-0.3, -0.25) is 4.79 Å². The van der Waals surface area contributed by atoms with Gasteiger partial charge in [-0.05, 0) is 61.4 Å². The number of thiazole rings is 1. The van der Waals surface area contributed by atoms with Gasteiger partial charge in [0, 0.05) is 23.9 Å². The minimum atomic E-state index is -0.0892. The van der Waals surface area contributed by atoms with Crippen LogP contribution in [0.15, 0.2) is 71.9 Å². The zero-order valence-electron chi connectivity index (χ0n) is 19.1. The Kier molecular flexibility index (Phi) is 6.17. The van der Waals surface area contributed by atoms with E-state index in [1.165, 1.54) is 22.0 Å². The molecule has 1 N–H and O–H groups in total. The number of hydrogen-bond acceptors (Lipinski definition) is 6. The van der Waals surface area contributed by atoms with Crippen molar-refractivity contribution in [2.24, 2.45) is 7.05 Å². The van der Waals surface area contributed by atoms with Gasteiger partial charge in [-0.1, -0.05) is 42.1 Å². The molecule has 0 aliphatic carbocycles. The first-order chi connectivity index (χ1) is 16.5. The summed E-state index contributed by atoms with van der Waals surface area (Å²) in [4.78, 5) is 17.3. The summed E-state index contributed by atoms with van der Waals surface area (Å²) in [5.41, 5.74) is 6.20. The Labute approximate surface area is 206 Å². The van der Waals surface area contributed by atoms with E-state index in [-0.39, 0.29) is 11.7 Å². The molecule has 0 atom stereocenters. The fourth-order valence-corrected chi connectivity index (χ4v) is 5.46. The molecule has 0 saturated carbocycles. The van der Waals surface area contributed by atoms with Crippen LogP contribution in [0.5, 0.6) is 0 Å². The SMILES string of the molecule is Cc1ccc2nc(-c3ccc(NC(=O)CSc4nnc(-c5ccccc5C)n4C)cc3)sc2c1. The van der Waals surface area contributed by atoms with Crippen LogP contribution in [-0.2, 0) is 11.8 Å². The number of fused-ring (bicyclic) bond motifs is 1. The lowest BCUT2D eigenvalue weighted by atomic mass is 10.1. The Bertz CT molecular complexity index is 1490. The zero-order chi connectivity index (χ0) is 23.7. The molecule has 170 valence electrons. The monoisotopic (exact) mass is 485 g/mol. The van der Waals surface area contributed by atoms with Crippen molar-refractivity contribution >= 4 is 44.9 Å². The van der Waals surface area contributed by atoms with Crippen molar-refractivity contribution in [2.75, 3.05) is 11.1 Å². The molecule has 34 heavy (non-hydrogen) atoms. The van der Waals surface area contributed by atoms with Gasteiger partial charge < -0.3 is 9.88 Å². The van der Waals surface area contributed by atoms with Crippen molar-refractivity contribution in [2.45, 2.75) is 19.0 Å². The predicted molar refractivity (Wildman–Crippen MR) is 140 cm³/mol. The van der Waals surface area contributed by atoms with Gasteiger partial charge in [-0.15, -0.1) is 21.5 Å².